The van der Waals surface area contributed by atoms with Crippen molar-refractivity contribution in [1.82, 2.24) is 20.4 Å². The van der Waals surface area contributed by atoms with Crippen LogP contribution in [0.15, 0.2) is 34.2 Å². The molecule has 1 atom stereocenters. The van der Waals surface area contributed by atoms with Gasteiger partial charge in [-0.1, -0.05) is 18.0 Å². The Labute approximate surface area is 173 Å². The molecule has 1 fully saturated rings. The maximum Gasteiger partial charge on any atom is 0.271 e. The number of hydrogen-bond acceptors (Lipinski definition) is 7. The minimum atomic E-state index is -0.374. The second-order valence-corrected chi connectivity index (χ2v) is 8.02. The van der Waals surface area contributed by atoms with E-state index in [2.05, 4.69) is 20.4 Å². The van der Waals surface area contributed by atoms with Gasteiger partial charge in [0.05, 0.1) is 6.61 Å². The lowest BCUT2D eigenvalue weighted by Gasteiger charge is -2.08. The van der Waals surface area contributed by atoms with Gasteiger partial charge in [0.1, 0.15) is 22.5 Å². The normalized spacial score (nSPS) is 15.4. The molecule has 0 spiro atoms. The Morgan fingerprint density at radius 3 is 2.76 bits per heavy atom. The molecule has 0 radical (unpaired) electrons. The fourth-order valence-electron chi connectivity index (χ4n) is 3.48. The van der Waals surface area contributed by atoms with Crippen molar-refractivity contribution in [3.05, 3.63) is 47.1 Å². The summed E-state index contributed by atoms with van der Waals surface area (Å²) < 4.78 is 10.8. The molecule has 1 aromatic carbocycles. The van der Waals surface area contributed by atoms with E-state index in [-0.39, 0.29) is 11.9 Å². The van der Waals surface area contributed by atoms with Crippen LogP contribution < -0.4 is 10.1 Å². The van der Waals surface area contributed by atoms with Gasteiger partial charge < -0.3 is 14.6 Å². The predicted molar refractivity (Wildman–Crippen MR) is 110 cm³/mol. The van der Waals surface area contributed by atoms with Gasteiger partial charge >= 0.3 is 0 Å². The van der Waals surface area contributed by atoms with Gasteiger partial charge in [-0.15, -0.1) is 11.3 Å². The number of amides is 1. The molecule has 0 unspecified atom stereocenters. The highest BCUT2D eigenvalue weighted by atomic mass is 32.1. The zero-order valence-electron chi connectivity index (χ0n) is 16.6. The van der Waals surface area contributed by atoms with Crippen LogP contribution in [0.4, 0.5) is 0 Å². The molecule has 0 bridgehead atoms. The second kappa shape index (κ2) is 8.73. The molecule has 4 rings (SSSR count). The van der Waals surface area contributed by atoms with E-state index in [0.29, 0.717) is 24.1 Å². The van der Waals surface area contributed by atoms with Crippen LogP contribution in [0.1, 0.15) is 73.7 Å². The van der Waals surface area contributed by atoms with E-state index in [9.17, 15) is 4.79 Å². The topological polar surface area (TPSA) is 90.1 Å². The Morgan fingerprint density at radius 1 is 1.28 bits per heavy atom. The summed E-state index contributed by atoms with van der Waals surface area (Å²) in [5.41, 5.74) is 1.32. The summed E-state index contributed by atoms with van der Waals surface area (Å²) in [5.74, 6) is 2.13. The minimum absolute atomic E-state index is 0.258. The van der Waals surface area contributed by atoms with E-state index in [0.717, 1.165) is 35.0 Å². The van der Waals surface area contributed by atoms with Gasteiger partial charge in [-0.25, -0.2) is 4.98 Å². The van der Waals surface area contributed by atoms with Gasteiger partial charge in [0.25, 0.3) is 5.91 Å². The number of nitrogens with zero attached hydrogens (tertiary/aromatic N) is 3. The monoisotopic (exact) mass is 412 g/mol. The molecule has 3 aromatic rings. The van der Waals surface area contributed by atoms with Gasteiger partial charge in [0.2, 0.25) is 5.89 Å². The molecule has 1 aliphatic rings. The molecule has 152 valence electrons. The standard InChI is InChI=1S/C21H24N4O3S/c1-3-27-16-10-8-15(9-11-16)21-23-17(12-29-21)19(26)22-13(2)20-24-18(25-28-20)14-6-4-5-7-14/h8-14H,3-7H2,1-2H3,(H,22,26)/t13-/m0/s1. The molecule has 0 aliphatic heterocycles. The summed E-state index contributed by atoms with van der Waals surface area (Å²) in [5, 5.41) is 9.54. The lowest BCUT2D eigenvalue weighted by Crippen LogP contribution is -2.27. The zero-order chi connectivity index (χ0) is 20.2. The molecule has 7 nitrogen and oxygen atoms in total. The third kappa shape index (κ3) is 4.48. The number of carbonyl (C=O) groups excluding carboxylic acids is 1. The number of thiazole rings is 1. The number of nitrogens with one attached hydrogen (secondary N) is 1. The average Bonchev–Trinajstić information content (AvgIpc) is 3.49. The fourth-order valence-corrected chi connectivity index (χ4v) is 4.28. The smallest absolute Gasteiger partial charge is 0.271 e. The van der Waals surface area contributed by atoms with Crippen molar-refractivity contribution in [1.29, 1.82) is 0 Å². The van der Waals surface area contributed by atoms with Crippen LogP contribution >= 0.6 is 11.3 Å². The van der Waals surface area contributed by atoms with E-state index in [4.69, 9.17) is 9.26 Å². The van der Waals surface area contributed by atoms with Crippen molar-refractivity contribution in [3.8, 4) is 16.3 Å². The van der Waals surface area contributed by atoms with Gasteiger partial charge in [-0.2, -0.15) is 4.98 Å². The Kier molecular flexibility index (Phi) is 5.89. The first-order valence-corrected chi connectivity index (χ1v) is 10.8. The van der Waals surface area contributed by atoms with E-state index in [1.165, 1.54) is 24.2 Å². The van der Waals surface area contributed by atoms with Crippen LogP contribution in [0.2, 0.25) is 0 Å². The summed E-state index contributed by atoms with van der Waals surface area (Å²) in [4.78, 5) is 21.6. The third-order valence-corrected chi connectivity index (χ3v) is 5.94. The quantitative estimate of drug-likeness (QED) is 0.603. The first-order chi connectivity index (χ1) is 14.1. The van der Waals surface area contributed by atoms with Crippen LogP contribution in [0, 0.1) is 0 Å². The summed E-state index contributed by atoms with van der Waals surface area (Å²) in [7, 11) is 0. The molecule has 0 saturated heterocycles. The van der Waals surface area contributed by atoms with Crippen LogP contribution in [0.5, 0.6) is 5.75 Å². The van der Waals surface area contributed by atoms with Crippen LogP contribution in [0.25, 0.3) is 10.6 Å². The molecule has 1 N–H and O–H groups in total. The summed E-state index contributed by atoms with van der Waals surface area (Å²) in [6.45, 7) is 4.41. The molecule has 8 heteroatoms. The number of rotatable bonds is 7. The van der Waals surface area contributed by atoms with Crippen molar-refractivity contribution >= 4 is 17.2 Å². The van der Waals surface area contributed by atoms with Crippen molar-refractivity contribution < 1.29 is 14.1 Å². The number of hydrogen-bond donors (Lipinski definition) is 1. The minimum Gasteiger partial charge on any atom is -0.494 e. The van der Waals surface area contributed by atoms with E-state index < -0.39 is 0 Å². The van der Waals surface area contributed by atoms with E-state index >= 15 is 0 Å². The summed E-state index contributed by atoms with van der Waals surface area (Å²) in [6.07, 6.45) is 4.63. The summed E-state index contributed by atoms with van der Waals surface area (Å²) >= 11 is 1.43. The first kappa shape index (κ1) is 19.6. The largest absolute Gasteiger partial charge is 0.494 e. The molecule has 1 saturated carbocycles. The summed E-state index contributed by atoms with van der Waals surface area (Å²) in [6, 6.07) is 7.31. The first-order valence-electron chi connectivity index (χ1n) is 9.97. The number of carbonyl (C=O) groups is 1. The fraction of sp³-hybridized carbons (Fsp3) is 0.429. The van der Waals surface area contributed by atoms with E-state index in [1.54, 1.807) is 5.38 Å². The highest BCUT2D eigenvalue weighted by molar-refractivity contribution is 7.13. The molecule has 29 heavy (non-hydrogen) atoms. The Hall–Kier alpha value is -2.74. The molecule has 1 amide bonds. The third-order valence-electron chi connectivity index (χ3n) is 5.04. The van der Waals surface area contributed by atoms with Crippen LogP contribution in [-0.2, 0) is 0 Å². The van der Waals surface area contributed by atoms with Gasteiger partial charge in [0, 0.05) is 16.9 Å². The van der Waals surface area contributed by atoms with Crippen molar-refractivity contribution in [2.24, 2.45) is 0 Å². The van der Waals surface area contributed by atoms with Crippen LogP contribution in [0.3, 0.4) is 0 Å². The SMILES string of the molecule is CCOc1ccc(-c2nc(C(=O)N[C@@H](C)c3nc(C4CCCC4)no3)cs2)cc1. The van der Waals surface area contributed by atoms with Crippen molar-refractivity contribution in [3.63, 3.8) is 0 Å². The van der Waals surface area contributed by atoms with Gasteiger partial charge in [-0.3, -0.25) is 4.79 Å². The maximum absolute atomic E-state index is 12.6. The molecule has 2 heterocycles. The van der Waals surface area contributed by atoms with Crippen molar-refractivity contribution in [2.75, 3.05) is 6.61 Å². The van der Waals surface area contributed by atoms with Crippen molar-refractivity contribution in [2.45, 2.75) is 51.5 Å². The number of aromatic nitrogens is 3. The zero-order valence-corrected chi connectivity index (χ0v) is 17.4. The predicted octanol–water partition coefficient (Wildman–Crippen LogP) is 4.74. The van der Waals surface area contributed by atoms with E-state index in [1.807, 2.05) is 38.1 Å². The van der Waals surface area contributed by atoms with Gasteiger partial charge in [-0.05, 0) is 51.0 Å². The molecule has 2 aromatic heterocycles. The highest BCUT2D eigenvalue weighted by Crippen LogP contribution is 2.32. The highest BCUT2D eigenvalue weighted by Gasteiger charge is 2.25. The number of benzene rings is 1. The second-order valence-electron chi connectivity index (χ2n) is 7.16. The van der Waals surface area contributed by atoms with Gasteiger partial charge in [0.15, 0.2) is 5.82 Å². The molecular weight excluding hydrogens is 388 g/mol. The maximum atomic E-state index is 12.6. The lowest BCUT2D eigenvalue weighted by molar-refractivity contribution is 0.0928. The Morgan fingerprint density at radius 2 is 2.03 bits per heavy atom. The number of ether oxygens (including phenoxy) is 1. The molecular formula is C21H24N4O3S. The molecule has 1 aliphatic carbocycles. The van der Waals surface area contributed by atoms with Crippen LogP contribution in [-0.4, -0.2) is 27.6 Å². The Bertz CT molecular complexity index is 960. The lowest BCUT2D eigenvalue weighted by atomic mass is 10.1. The average molecular weight is 413 g/mol. The Balaban J connectivity index is 1.39.